The zero-order valence-electron chi connectivity index (χ0n) is 18.1. The van der Waals surface area contributed by atoms with E-state index in [2.05, 4.69) is 50.1 Å². The summed E-state index contributed by atoms with van der Waals surface area (Å²) >= 11 is 0. The highest BCUT2D eigenvalue weighted by Crippen LogP contribution is 2.52. The lowest BCUT2D eigenvalue weighted by Crippen LogP contribution is -2.71. The van der Waals surface area contributed by atoms with E-state index >= 15 is 0 Å². The Morgan fingerprint density at radius 2 is 1.81 bits per heavy atom. The molecule has 0 radical (unpaired) electrons. The molecule has 0 spiro atoms. The van der Waals surface area contributed by atoms with E-state index in [0.717, 1.165) is 56.0 Å². The predicted molar refractivity (Wildman–Crippen MR) is 118 cm³/mol. The Balaban J connectivity index is 1.13. The summed E-state index contributed by atoms with van der Waals surface area (Å²) in [4.78, 5) is 24.6. The van der Waals surface area contributed by atoms with Gasteiger partial charge in [0.25, 0.3) is 0 Å². The number of aliphatic carboxylic acids is 1. The van der Waals surface area contributed by atoms with Gasteiger partial charge in [0.2, 0.25) is 0 Å². The number of carbonyl (C=O) groups is 1. The first kappa shape index (κ1) is 20.6. The maximum absolute atomic E-state index is 11.6. The van der Waals surface area contributed by atoms with Crippen molar-refractivity contribution in [2.24, 2.45) is 11.8 Å². The van der Waals surface area contributed by atoms with Crippen LogP contribution in [0.5, 0.6) is 0 Å². The molecule has 5 rings (SSSR count). The molecule has 2 atom stereocenters. The van der Waals surface area contributed by atoms with Crippen molar-refractivity contribution in [1.29, 1.82) is 0 Å². The third-order valence-corrected chi connectivity index (χ3v) is 7.61. The number of piperidine rings is 1. The quantitative estimate of drug-likeness (QED) is 0.706. The molecule has 2 aromatic rings. The molecule has 1 saturated carbocycles. The average Bonchev–Trinajstić information content (AvgIpc) is 3.53. The predicted octanol–water partition coefficient (Wildman–Crippen LogP) is 3.41. The van der Waals surface area contributed by atoms with Crippen LogP contribution in [-0.2, 0) is 11.3 Å². The summed E-state index contributed by atoms with van der Waals surface area (Å²) in [7, 11) is 0. The Hall–Kier alpha value is -2.31. The second-order valence-corrected chi connectivity index (χ2v) is 9.87. The van der Waals surface area contributed by atoms with E-state index in [1.54, 1.807) is 6.33 Å². The number of nitrogens with zero attached hydrogens (tertiary/aromatic N) is 4. The standard InChI is InChI=1S/C25H32N4O2/c30-24(31)12-25(16-28(17-25)15-20-13-26-18-27-14-20)29-8-6-19(7-9-29)10-22-11-23(22)21-4-2-1-3-5-21/h1-5,13-14,18-19,22-23H,6-12,15-17H2,(H,30,31)/t22-,23?/m1/s1. The maximum atomic E-state index is 11.6. The Labute approximate surface area is 184 Å². The van der Waals surface area contributed by atoms with E-state index < -0.39 is 5.97 Å². The Morgan fingerprint density at radius 1 is 1.10 bits per heavy atom. The molecule has 0 amide bonds. The summed E-state index contributed by atoms with van der Waals surface area (Å²) in [6.07, 6.45) is 10.5. The number of carboxylic acid groups (broad SMARTS) is 1. The van der Waals surface area contributed by atoms with Crippen LogP contribution in [0.4, 0.5) is 0 Å². The van der Waals surface area contributed by atoms with Crippen molar-refractivity contribution in [3.8, 4) is 0 Å². The molecule has 31 heavy (non-hydrogen) atoms. The van der Waals surface area contributed by atoms with Crippen LogP contribution in [0.1, 0.15) is 49.1 Å². The Bertz CT molecular complexity index is 877. The van der Waals surface area contributed by atoms with E-state index in [9.17, 15) is 9.90 Å². The van der Waals surface area contributed by atoms with Gasteiger partial charge in [-0.1, -0.05) is 30.3 Å². The molecule has 3 fully saturated rings. The van der Waals surface area contributed by atoms with E-state index in [4.69, 9.17) is 0 Å². The fourth-order valence-corrected chi connectivity index (χ4v) is 5.96. The molecular formula is C25H32N4O2. The van der Waals surface area contributed by atoms with Crippen LogP contribution in [0.15, 0.2) is 49.1 Å². The second-order valence-electron chi connectivity index (χ2n) is 9.87. The van der Waals surface area contributed by atoms with Crippen LogP contribution < -0.4 is 0 Å². The van der Waals surface area contributed by atoms with E-state index in [0.29, 0.717) is 0 Å². The van der Waals surface area contributed by atoms with Crippen LogP contribution >= 0.6 is 0 Å². The molecule has 1 N–H and O–H groups in total. The van der Waals surface area contributed by atoms with Gasteiger partial charge in [-0.15, -0.1) is 0 Å². The molecule has 3 aliphatic rings. The first-order chi connectivity index (χ1) is 15.1. The van der Waals surface area contributed by atoms with Gasteiger partial charge in [-0.05, 0) is 62.1 Å². The zero-order chi connectivity index (χ0) is 21.3. The molecule has 1 aromatic carbocycles. The van der Waals surface area contributed by atoms with E-state index in [1.807, 2.05) is 12.4 Å². The van der Waals surface area contributed by atoms with Crippen LogP contribution in [-0.4, -0.2) is 62.6 Å². The smallest absolute Gasteiger partial charge is 0.305 e. The Morgan fingerprint density at radius 3 is 2.48 bits per heavy atom. The molecule has 6 nitrogen and oxygen atoms in total. The van der Waals surface area contributed by atoms with Crippen molar-refractivity contribution < 1.29 is 9.90 Å². The van der Waals surface area contributed by atoms with Gasteiger partial charge in [0, 0.05) is 37.6 Å². The monoisotopic (exact) mass is 420 g/mol. The number of hydrogen-bond acceptors (Lipinski definition) is 5. The molecule has 1 unspecified atom stereocenters. The molecule has 2 saturated heterocycles. The molecule has 3 heterocycles. The summed E-state index contributed by atoms with van der Waals surface area (Å²) in [5, 5.41) is 9.57. The van der Waals surface area contributed by atoms with Gasteiger partial charge < -0.3 is 5.11 Å². The topological polar surface area (TPSA) is 69.6 Å². The minimum atomic E-state index is -0.687. The van der Waals surface area contributed by atoms with E-state index in [-0.39, 0.29) is 12.0 Å². The lowest BCUT2D eigenvalue weighted by molar-refractivity contribution is -0.147. The highest BCUT2D eigenvalue weighted by Gasteiger charge is 2.50. The zero-order valence-corrected chi connectivity index (χ0v) is 18.1. The third kappa shape index (κ3) is 4.65. The number of benzene rings is 1. The molecule has 6 heteroatoms. The highest BCUT2D eigenvalue weighted by molar-refractivity contribution is 5.69. The summed E-state index contributed by atoms with van der Waals surface area (Å²) < 4.78 is 0. The van der Waals surface area contributed by atoms with Crippen molar-refractivity contribution >= 4 is 5.97 Å². The van der Waals surface area contributed by atoms with Crippen molar-refractivity contribution in [3.63, 3.8) is 0 Å². The lowest BCUT2D eigenvalue weighted by atomic mass is 9.80. The molecule has 0 bridgehead atoms. The largest absolute Gasteiger partial charge is 0.481 e. The van der Waals surface area contributed by atoms with Crippen LogP contribution in [0.3, 0.4) is 0 Å². The van der Waals surface area contributed by atoms with Crippen molar-refractivity contribution in [2.75, 3.05) is 26.2 Å². The normalized spacial score (nSPS) is 26.3. The average molecular weight is 421 g/mol. The molecule has 164 valence electrons. The fraction of sp³-hybridized carbons (Fsp3) is 0.560. The van der Waals surface area contributed by atoms with Gasteiger partial charge in [0.05, 0.1) is 12.0 Å². The van der Waals surface area contributed by atoms with Crippen molar-refractivity contribution in [1.82, 2.24) is 19.8 Å². The summed E-state index contributed by atoms with van der Waals surface area (Å²) in [5.74, 6) is 1.71. The number of hydrogen-bond donors (Lipinski definition) is 1. The minimum Gasteiger partial charge on any atom is -0.481 e. The number of carboxylic acids is 1. The first-order valence-corrected chi connectivity index (χ1v) is 11.6. The number of aromatic nitrogens is 2. The van der Waals surface area contributed by atoms with Gasteiger partial charge >= 0.3 is 5.97 Å². The third-order valence-electron chi connectivity index (χ3n) is 7.61. The molecule has 1 aliphatic carbocycles. The van der Waals surface area contributed by atoms with Gasteiger partial charge in [0.15, 0.2) is 0 Å². The first-order valence-electron chi connectivity index (χ1n) is 11.6. The number of rotatable bonds is 8. The van der Waals surface area contributed by atoms with Gasteiger partial charge in [-0.2, -0.15) is 0 Å². The van der Waals surface area contributed by atoms with Crippen LogP contribution in [0.25, 0.3) is 0 Å². The molecule has 1 aromatic heterocycles. The minimum absolute atomic E-state index is 0.210. The SMILES string of the molecule is O=C(O)CC1(N2CCC(C[C@@H]3CC3c3ccccc3)CC2)CN(Cc2cncnc2)C1. The molecular weight excluding hydrogens is 388 g/mol. The molecule has 2 aliphatic heterocycles. The number of likely N-dealkylation sites (tertiary alicyclic amines) is 2. The van der Waals surface area contributed by atoms with Crippen LogP contribution in [0.2, 0.25) is 0 Å². The highest BCUT2D eigenvalue weighted by atomic mass is 16.4. The summed E-state index contributed by atoms with van der Waals surface area (Å²) in [6.45, 7) is 4.49. The van der Waals surface area contributed by atoms with Crippen LogP contribution in [0, 0.1) is 11.8 Å². The fourth-order valence-electron chi connectivity index (χ4n) is 5.96. The van der Waals surface area contributed by atoms with Gasteiger partial charge in [0.1, 0.15) is 6.33 Å². The van der Waals surface area contributed by atoms with Gasteiger partial charge in [-0.3, -0.25) is 14.6 Å². The van der Waals surface area contributed by atoms with Crippen molar-refractivity contribution in [2.45, 2.75) is 50.1 Å². The van der Waals surface area contributed by atoms with Crippen molar-refractivity contribution in [3.05, 3.63) is 60.2 Å². The van der Waals surface area contributed by atoms with Gasteiger partial charge in [-0.25, -0.2) is 9.97 Å². The summed E-state index contributed by atoms with van der Waals surface area (Å²) in [5.41, 5.74) is 2.38. The maximum Gasteiger partial charge on any atom is 0.305 e. The van der Waals surface area contributed by atoms with E-state index in [1.165, 1.54) is 31.2 Å². The lowest BCUT2D eigenvalue weighted by Gasteiger charge is -2.57. The summed E-state index contributed by atoms with van der Waals surface area (Å²) in [6, 6.07) is 10.9. The second kappa shape index (κ2) is 8.67. The Kier molecular flexibility index (Phi) is 5.76.